The summed E-state index contributed by atoms with van der Waals surface area (Å²) in [6.45, 7) is 0.954. The van der Waals surface area contributed by atoms with Crippen LogP contribution in [0.2, 0.25) is 0 Å². The van der Waals surface area contributed by atoms with Crippen molar-refractivity contribution in [2.45, 2.75) is 24.9 Å². The molecule has 0 unspecified atom stereocenters. The first-order chi connectivity index (χ1) is 15.3. The van der Waals surface area contributed by atoms with Crippen molar-refractivity contribution in [3.8, 4) is 0 Å². The van der Waals surface area contributed by atoms with Gasteiger partial charge < -0.3 is 10.2 Å². The third-order valence-electron chi connectivity index (χ3n) is 5.24. The maximum absolute atomic E-state index is 13.2. The first kappa shape index (κ1) is 21.7. The summed E-state index contributed by atoms with van der Waals surface area (Å²) in [5.74, 6) is -1.11. The number of aromatic nitrogens is 3. The lowest BCUT2D eigenvalue weighted by atomic mass is 9.94. The van der Waals surface area contributed by atoms with E-state index in [4.69, 9.17) is 0 Å². The van der Waals surface area contributed by atoms with Gasteiger partial charge in [-0.15, -0.1) is 0 Å². The van der Waals surface area contributed by atoms with E-state index in [-0.39, 0.29) is 23.6 Å². The highest BCUT2D eigenvalue weighted by Gasteiger charge is 2.34. The Morgan fingerprint density at radius 3 is 2.59 bits per heavy atom. The Labute approximate surface area is 181 Å². The molecular formula is C22H19F4N5O. The summed E-state index contributed by atoms with van der Waals surface area (Å²) in [5, 5.41) is 2.55. The van der Waals surface area contributed by atoms with Crippen LogP contribution in [-0.2, 0) is 6.18 Å². The number of benzene rings is 1. The second kappa shape index (κ2) is 8.89. The van der Waals surface area contributed by atoms with Crippen molar-refractivity contribution in [1.82, 2.24) is 19.9 Å². The number of pyridine rings is 1. The molecule has 1 aliphatic rings. The zero-order chi connectivity index (χ0) is 22.7. The first-order valence-electron chi connectivity index (χ1n) is 9.98. The van der Waals surface area contributed by atoms with Crippen molar-refractivity contribution >= 4 is 17.7 Å². The van der Waals surface area contributed by atoms with Gasteiger partial charge in [-0.1, -0.05) is 0 Å². The lowest BCUT2D eigenvalue weighted by Crippen LogP contribution is -2.39. The number of hydrogen-bond acceptors (Lipinski definition) is 5. The second-order valence-electron chi connectivity index (χ2n) is 7.42. The number of piperidine rings is 1. The highest BCUT2D eigenvalue weighted by atomic mass is 19.4. The summed E-state index contributed by atoms with van der Waals surface area (Å²) in [6.07, 6.45) is -0.355. The molecule has 1 aromatic carbocycles. The van der Waals surface area contributed by atoms with E-state index in [2.05, 4.69) is 20.3 Å². The minimum atomic E-state index is -4.57. The van der Waals surface area contributed by atoms with Crippen molar-refractivity contribution < 1.29 is 22.4 Å². The van der Waals surface area contributed by atoms with Crippen LogP contribution in [0, 0.1) is 5.82 Å². The molecule has 1 atom stereocenters. The number of likely N-dealkylation sites (tertiary alicyclic amines) is 1. The molecule has 3 heterocycles. The van der Waals surface area contributed by atoms with E-state index in [0.29, 0.717) is 24.3 Å². The van der Waals surface area contributed by atoms with Gasteiger partial charge >= 0.3 is 6.18 Å². The third kappa shape index (κ3) is 4.84. The molecule has 4 rings (SSSR count). The third-order valence-corrected chi connectivity index (χ3v) is 5.24. The predicted molar refractivity (Wildman–Crippen MR) is 109 cm³/mol. The lowest BCUT2D eigenvalue weighted by Gasteiger charge is -2.32. The van der Waals surface area contributed by atoms with Gasteiger partial charge in [-0.25, -0.2) is 19.3 Å². The van der Waals surface area contributed by atoms with Gasteiger partial charge in [-0.3, -0.25) is 4.79 Å². The molecule has 1 N–H and O–H groups in total. The molecule has 166 valence electrons. The number of nitrogens with zero attached hydrogens (tertiary/aromatic N) is 4. The van der Waals surface area contributed by atoms with Crippen LogP contribution in [-0.4, -0.2) is 38.8 Å². The molecule has 0 radical (unpaired) electrons. The van der Waals surface area contributed by atoms with Crippen molar-refractivity contribution in [2.75, 3.05) is 18.4 Å². The minimum absolute atomic E-state index is 0.00585. The van der Waals surface area contributed by atoms with Crippen molar-refractivity contribution in [1.29, 1.82) is 0 Å². The molecule has 1 fully saturated rings. The van der Waals surface area contributed by atoms with Crippen LogP contribution < -0.4 is 5.32 Å². The number of amides is 1. The van der Waals surface area contributed by atoms with Gasteiger partial charge in [0.15, 0.2) is 0 Å². The topological polar surface area (TPSA) is 71.0 Å². The molecule has 1 saturated heterocycles. The molecule has 3 aromatic rings. The van der Waals surface area contributed by atoms with Gasteiger partial charge in [0, 0.05) is 37.0 Å². The predicted octanol–water partition coefficient (Wildman–Crippen LogP) is 4.79. The SMILES string of the molecule is O=C(c1ccc(F)cc1)N1CCC[C@@H](c2ccnc(Nc3ncccc3C(F)(F)F)n2)C1. The van der Waals surface area contributed by atoms with Gasteiger partial charge in [0.25, 0.3) is 5.91 Å². The fourth-order valence-corrected chi connectivity index (χ4v) is 3.68. The maximum atomic E-state index is 13.2. The van der Waals surface area contributed by atoms with Crippen LogP contribution in [0.15, 0.2) is 54.9 Å². The molecular weight excluding hydrogens is 426 g/mol. The van der Waals surface area contributed by atoms with E-state index in [1.165, 1.54) is 42.7 Å². The second-order valence-corrected chi connectivity index (χ2v) is 7.42. The summed E-state index contributed by atoms with van der Waals surface area (Å²) in [4.78, 5) is 26.6. The summed E-state index contributed by atoms with van der Waals surface area (Å²) >= 11 is 0. The standard InChI is InChI=1S/C22H19F4N5O/c23-16-7-5-14(6-8-16)20(32)31-12-2-3-15(13-31)18-9-11-28-21(29-18)30-19-17(22(24,25)26)4-1-10-27-19/h1,4-11,15H,2-3,12-13H2,(H,27,28,29,30)/t15-/m1/s1. The Hall–Kier alpha value is -3.56. The molecule has 0 saturated carbocycles. The molecule has 1 aliphatic heterocycles. The smallest absolute Gasteiger partial charge is 0.338 e. The number of carbonyl (C=O) groups is 1. The monoisotopic (exact) mass is 445 g/mol. The van der Waals surface area contributed by atoms with Crippen molar-refractivity contribution in [2.24, 2.45) is 0 Å². The number of halogens is 4. The zero-order valence-electron chi connectivity index (χ0n) is 16.8. The highest BCUT2D eigenvalue weighted by molar-refractivity contribution is 5.94. The quantitative estimate of drug-likeness (QED) is 0.585. The number of alkyl halides is 3. The van der Waals surface area contributed by atoms with Gasteiger partial charge in [0.05, 0.1) is 11.3 Å². The van der Waals surface area contributed by atoms with Crippen LogP contribution in [0.3, 0.4) is 0 Å². The van der Waals surface area contributed by atoms with E-state index < -0.39 is 17.6 Å². The van der Waals surface area contributed by atoms with E-state index in [9.17, 15) is 22.4 Å². The summed E-state index contributed by atoms with van der Waals surface area (Å²) in [5.41, 5.74) is 0.0956. The largest absolute Gasteiger partial charge is 0.419 e. The fourth-order valence-electron chi connectivity index (χ4n) is 3.68. The maximum Gasteiger partial charge on any atom is 0.419 e. The van der Waals surface area contributed by atoms with E-state index in [1.54, 1.807) is 11.0 Å². The van der Waals surface area contributed by atoms with E-state index in [0.717, 1.165) is 18.9 Å². The highest BCUT2D eigenvalue weighted by Crippen LogP contribution is 2.34. The molecule has 32 heavy (non-hydrogen) atoms. The van der Waals surface area contributed by atoms with Gasteiger partial charge in [0.2, 0.25) is 5.95 Å². The Morgan fingerprint density at radius 2 is 1.84 bits per heavy atom. The van der Waals surface area contributed by atoms with Crippen LogP contribution in [0.5, 0.6) is 0 Å². The number of rotatable bonds is 4. The number of carbonyl (C=O) groups excluding carboxylic acids is 1. The van der Waals surface area contributed by atoms with Crippen molar-refractivity contribution in [3.63, 3.8) is 0 Å². The van der Waals surface area contributed by atoms with E-state index in [1.807, 2.05) is 0 Å². The zero-order valence-corrected chi connectivity index (χ0v) is 16.8. The van der Waals surface area contributed by atoms with Crippen LogP contribution >= 0.6 is 0 Å². The molecule has 2 aromatic heterocycles. The lowest BCUT2D eigenvalue weighted by molar-refractivity contribution is -0.137. The first-order valence-corrected chi connectivity index (χ1v) is 9.98. The average molecular weight is 445 g/mol. The van der Waals surface area contributed by atoms with E-state index >= 15 is 0 Å². The molecule has 0 aliphatic carbocycles. The Kier molecular flexibility index (Phi) is 6.02. The molecule has 0 bridgehead atoms. The molecule has 0 spiro atoms. The molecule has 1 amide bonds. The van der Waals surface area contributed by atoms with Gasteiger partial charge in [-0.05, 0) is 55.3 Å². The molecule has 6 nitrogen and oxygen atoms in total. The molecule has 10 heteroatoms. The summed E-state index contributed by atoms with van der Waals surface area (Å²) < 4.78 is 52.8. The van der Waals surface area contributed by atoms with Gasteiger partial charge in [0.1, 0.15) is 11.6 Å². The van der Waals surface area contributed by atoms with Gasteiger partial charge in [-0.2, -0.15) is 13.2 Å². The van der Waals surface area contributed by atoms with Crippen LogP contribution in [0.25, 0.3) is 0 Å². The summed E-state index contributed by atoms with van der Waals surface area (Å²) in [6, 6.07) is 9.19. The number of nitrogens with one attached hydrogen (secondary N) is 1. The minimum Gasteiger partial charge on any atom is -0.338 e. The summed E-state index contributed by atoms with van der Waals surface area (Å²) in [7, 11) is 0. The average Bonchev–Trinajstić information content (AvgIpc) is 2.79. The Morgan fingerprint density at radius 1 is 1.06 bits per heavy atom. The Balaban J connectivity index is 1.51. The number of anilines is 2. The van der Waals surface area contributed by atoms with Crippen LogP contribution in [0.4, 0.5) is 29.3 Å². The number of hydrogen-bond donors (Lipinski definition) is 1. The Bertz CT molecular complexity index is 1100. The van der Waals surface area contributed by atoms with Crippen LogP contribution in [0.1, 0.15) is 40.4 Å². The normalized spacial score (nSPS) is 16.6. The van der Waals surface area contributed by atoms with Crippen molar-refractivity contribution in [3.05, 3.63) is 77.5 Å². The fraction of sp³-hybridized carbons (Fsp3) is 0.273.